The number of aryl methyl sites for hydroxylation is 2. The number of ether oxygens (including phenoxy) is 1. The largest absolute Gasteiger partial charge is 0.372 e. The minimum Gasteiger partial charge on any atom is -0.372 e. The van der Waals surface area contributed by atoms with E-state index < -0.39 is 0 Å². The van der Waals surface area contributed by atoms with Crippen molar-refractivity contribution in [1.29, 1.82) is 0 Å². The van der Waals surface area contributed by atoms with Crippen LogP contribution in [0.5, 0.6) is 0 Å². The molecule has 0 N–H and O–H groups in total. The summed E-state index contributed by atoms with van der Waals surface area (Å²) in [6.07, 6.45) is -0.121. The molecule has 2 heterocycles. The van der Waals surface area contributed by atoms with Gasteiger partial charge >= 0.3 is 0 Å². The number of nitrogens with zero attached hydrogens (tertiary/aromatic N) is 2. The van der Waals surface area contributed by atoms with Gasteiger partial charge in [0, 0.05) is 23.1 Å². The highest BCUT2D eigenvalue weighted by Crippen LogP contribution is 2.38. The number of anilines is 1. The highest BCUT2D eigenvalue weighted by atomic mass is 35.5. The Morgan fingerprint density at radius 2 is 1.48 bits per heavy atom. The topological polar surface area (TPSA) is 49.9 Å². The van der Waals surface area contributed by atoms with Crippen LogP contribution >= 0.6 is 23.2 Å². The zero-order chi connectivity index (χ0) is 22.4. The molecular formula is C24H24Cl2N2O3. The molecule has 7 heteroatoms. The van der Waals surface area contributed by atoms with Crippen molar-refractivity contribution in [2.75, 3.05) is 18.0 Å². The Labute approximate surface area is 192 Å². The van der Waals surface area contributed by atoms with E-state index in [4.69, 9.17) is 27.9 Å². The molecule has 1 saturated heterocycles. The van der Waals surface area contributed by atoms with Crippen molar-refractivity contribution in [2.45, 2.75) is 39.9 Å². The summed E-state index contributed by atoms with van der Waals surface area (Å²) in [5, 5.41) is 0.718. The lowest BCUT2D eigenvalue weighted by Gasteiger charge is -2.37. The van der Waals surface area contributed by atoms with Crippen molar-refractivity contribution in [3.05, 3.63) is 68.8 Å². The molecular weight excluding hydrogens is 435 g/mol. The molecule has 162 valence electrons. The Morgan fingerprint density at radius 1 is 0.871 bits per heavy atom. The van der Waals surface area contributed by atoms with Crippen molar-refractivity contribution >= 4 is 46.3 Å². The van der Waals surface area contributed by atoms with E-state index in [1.165, 1.54) is 4.90 Å². The zero-order valence-corrected chi connectivity index (χ0v) is 19.4. The minimum absolute atomic E-state index is 0.0604. The van der Waals surface area contributed by atoms with E-state index in [9.17, 15) is 9.59 Å². The van der Waals surface area contributed by atoms with Crippen LogP contribution in [0.25, 0.3) is 5.57 Å². The lowest BCUT2D eigenvalue weighted by atomic mass is 9.99. The van der Waals surface area contributed by atoms with Gasteiger partial charge in [0.2, 0.25) is 0 Å². The molecule has 0 aliphatic carbocycles. The lowest BCUT2D eigenvalue weighted by Crippen LogP contribution is -2.47. The van der Waals surface area contributed by atoms with E-state index >= 15 is 0 Å². The van der Waals surface area contributed by atoms with Gasteiger partial charge in [-0.15, -0.1) is 0 Å². The van der Waals surface area contributed by atoms with E-state index in [0.29, 0.717) is 40.1 Å². The maximum absolute atomic E-state index is 13.7. The summed E-state index contributed by atoms with van der Waals surface area (Å²) in [4.78, 5) is 30.5. The molecule has 0 aromatic heterocycles. The third-order valence-corrected chi connectivity index (χ3v) is 6.13. The minimum atomic E-state index is -0.381. The molecule has 0 saturated carbocycles. The molecule has 2 aromatic carbocycles. The number of halogens is 2. The van der Waals surface area contributed by atoms with Crippen molar-refractivity contribution in [3.63, 3.8) is 0 Å². The van der Waals surface area contributed by atoms with Crippen LogP contribution in [-0.2, 0) is 14.3 Å². The smallest absolute Gasteiger partial charge is 0.282 e. The molecule has 0 spiro atoms. The van der Waals surface area contributed by atoms with Gasteiger partial charge in [-0.05, 0) is 62.6 Å². The van der Waals surface area contributed by atoms with Gasteiger partial charge in [0.25, 0.3) is 11.8 Å². The molecule has 0 bridgehead atoms. The normalized spacial score (nSPS) is 22.0. The second kappa shape index (κ2) is 8.30. The predicted octanol–water partition coefficient (Wildman–Crippen LogP) is 5.00. The highest BCUT2D eigenvalue weighted by Gasteiger charge is 2.44. The molecule has 31 heavy (non-hydrogen) atoms. The Bertz CT molecular complexity index is 1080. The highest BCUT2D eigenvalue weighted by molar-refractivity contribution is 6.46. The van der Waals surface area contributed by atoms with Gasteiger partial charge in [-0.3, -0.25) is 9.59 Å². The average molecular weight is 459 g/mol. The Balaban J connectivity index is 1.87. The summed E-state index contributed by atoms with van der Waals surface area (Å²) in [6.45, 7) is 8.99. The number of morpholine rings is 1. The first-order chi connectivity index (χ1) is 14.7. The summed E-state index contributed by atoms with van der Waals surface area (Å²) in [6, 6.07) is 10.5. The first-order valence-corrected chi connectivity index (χ1v) is 11.0. The van der Waals surface area contributed by atoms with Gasteiger partial charge in [0.1, 0.15) is 5.70 Å². The van der Waals surface area contributed by atoms with Crippen LogP contribution in [0.4, 0.5) is 5.69 Å². The summed E-state index contributed by atoms with van der Waals surface area (Å²) < 4.78 is 5.85. The molecule has 2 aliphatic heterocycles. The molecule has 2 amide bonds. The monoisotopic (exact) mass is 458 g/mol. The van der Waals surface area contributed by atoms with E-state index in [1.54, 1.807) is 18.2 Å². The molecule has 2 aromatic rings. The summed E-state index contributed by atoms with van der Waals surface area (Å²) in [5.74, 6) is -0.758. The third-order valence-electron chi connectivity index (χ3n) is 5.70. The van der Waals surface area contributed by atoms with Crippen molar-refractivity contribution in [3.8, 4) is 0 Å². The lowest BCUT2D eigenvalue weighted by molar-refractivity contribution is -0.121. The van der Waals surface area contributed by atoms with Crippen LogP contribution < -0.4 is 4.90 Å². The maximum Gasteiger partial charge on any atom is 0.282 e. The number of amides is 2. The second-order valence-corrected chi connectivity index (χ2v) is 9.13. The van der Waals surface area contributed by atoms with Gasteiger partial charge in [-0.25, -0.2) is 4.90 Å². The van der Waals surface area contributed by atoms with Crippen molar-refractivity contribution in [1.82, 2.24) is 4.90 Å². The SMILES string of the molecule is Cc1ccc(C2=C(N3CC(C)OC(C)C3)C(=O)N(c3cc(Cl)cc(Cl)c3)C2=O)cc1C. The fraction of sp³-hybridized carbons (Fsp3) is 0.333. The standard InChI is InChI=1S/C24H24Cl2N2O3/c1-13-5-6-17(7-14(13)2)21-22(27-11-15(3)31-16(4)12-27)24(30)28(23(21)29)20-9-18(25)8-19(26)10-20/h5-10,15-16H,11-12H2,1-4H3. The quantitative estimate of drug-likeness (QED) is 0.606. The molecule has 1 fully saturated rings. The van der Waals surface area contributed by atoms with Crippen molar-refractivity contribution in [2.24, 2.45) is 0 Å². The number of rotatable bonds is 3. The molecule has 5 nitrogen and oxygen atoms in total. The summed E-state index contributed by atoms with van der Waals surface area (Å²) in [5.41, 5.74) is 4.04. The fourth-order valence-electron chi connectivity index (χ4n) is 4.23. The Hall–Kier alpha value is -2.34. The van der Waals surface area contributed by atoms with Gasteiger partial charge in [-0.2, -0.15) is 0 Å². The number of benzene rings is 2. The Morgan fingerprint density at radius 3 is 2.06 bits per heavy atom. The van der Waals surface area contributed by atoms with Crippen molar-refractivity contribution < 1.29 is 14.3 Å². The molecule has 4 rings (SSSR count). The zero-order valence-electron chi connectivity index (χ0n) is 17.9. The van der Waals surface area contributed by atoms with E-state index in [0.717, 1.165) is 16.7 Å². The van der Waals surface area contributed by atoms with E-state index in [1.807, 2.05) is 50.8 Å². The summed E-state index contributed by atoms with van der Waals surface area (Å²) in [7, 11) is 0. The van der Waals surface area contributed by atoms with Gasteiger partial charge < -0.3 is 9.64 Å². The van der Waals surface area contributed by atoms with Crippen LogP contribution in [0, 0.1) is 13.8 Å². The van der Waals surface area contributed by atoms with Crippen LogP contribution in [0.2, 0.25) is 10.0 Å². The second-order valence-electron chi connectivity index (χ2n) is 8.26. The predicted molar refractivity (Wildman–Crippen MR) is 123 cm³/mol. The maximum atomic E-state index is 13.7. The first kappa shape index (κ1) is 21.9. The molecule has 2 unspecified atom stereocenters. The molecule has 2 aliphatic rings. The van der Waals surface area contributed by atoms with Crippen LogP contribution in [0.1, 0.15) is 30.5 Å². The third kappa shape index (κ3) is 4.10. The molecule has 2 atom stereocenters. The fourth-order valence-corrected chi connectivity index (χ4v) is 4.75. The van der Waals surface area contributed by atoms with Crippen LogP contribution in [-0.4, -0.2) is 42.0 Å². The van der Waals surface area contributed by atoms with E-state index in [-0.39, 0.29) is 24.0 Å². The van der Waals surface area contributed by atoms with E-state index in [2.05, 4.69) is 0 Å². The number of carbonyl (C=O) groups excluding carboxylic acids is 2. The number of hydrogen-bond acceptors (Lipinski definition) is 4. The summed E-state index contributed by atoms with van der Waals surface area (Å²) >= 11 is 12.3. The van der Waals surface area contributed by atoms with Crippen LogP contribution in [0.15, 0.2) is 42.1 Å². The number of imide groups is 1. The van der Waals surface area contributed by atoms with Gasteiger partial charge in [0.15, 0.2) is 0 Å². The Kier molecular flexibility index (Phi) is 5.86. The number of carbonyl (C=O) groups is 2. The van der Waals surface area contributed by atoms with Crippen LogP contribution in [0.3, 0.4) is 0 Å². The molecule has 0 radical (unpaired) electrons. The van der Waals surface area contributed by atoms with Gasteiger partial charge in [-0.1, -0.05) is 41.4 Å². The number of hydrogen-bond donors (Lipinski definition) is 0. The average Bonchev–Trinajstić information content (AvgIpc) is 2.92. The first-order valence-electron chi connectivity index (χ1n) is 10.2. The van der Waals surface area contributed by atoms with Gasteiger partial charge in [0.05, 0.1) is 23.5 Å².